The second-order valence-corrected chi connectivity index (χ2v) is 5.80. The second-order valence-electron chi connectivity index (χ2n) is 4.99. The number of aryl methyl sites for hydroxylation is 1. The molecule has 2 aromatic rings. The Kier molecular flexibility index (Phi) is 5.76. The molecular weight excluding hydrogens is 367 g/mol. The minimum absolute atomic E-state index is 0.0803. The fourth-order valence-electron chi connectivity index (χ4n) is 2.41. The summed E-state index contributed by atoms with van der Waals surface area (Å²) in [4.78, 5) is 16.3. The number of nitrogens with zero attached hydrogens (tertiary/aromatic N) is 2. The first kappa shape index (κ1) is 17.5. The Balaban J connectivity index is 2.42. The Labute approximate surface area is 142 Å². The van der Waals surface area contributed by atoms with E-state index >= 15 is 0 Å². The van der Waals surface area contributed by atoms with E-state index in [2.05, 4.69) is 20.9 Å². The maximum absolute atomic E-state index is 14.0. The molecule has 0 saturated carbocycles. The van der Waals surface area contributed by atoms with Crippen LogP contribution in [0.5, 0.6) is 5.75 Å². The molecule has 23 heavy (non-hydrogen) atoms. The Morgan fingerprint density at radius 2 is 2.22 bits per heavy atom. The number of hydrogen-bond donors (Lipinski definition) is 0. The van der Waals surface area contributed by atoms with Crippen molar-refractivity contribution in [3.8, 4) is 5.75 Å². The van der Waals surface area contributed by atoms with E-state index in [0.717, 1.165) is 0 Å². The standard InChI is InChI=1S/C16H18BrFN2O3/c1-4-23-15(21)8-11(16-19-14(17)9-20(16)2)10-5-6-13(22-3)12(18)7-10/h5-7,9,11H,4,8H2,1-3H3. The molecule has 0 amide bonds. The summed E-state index contributed by atoms with van der Waals surface area (Å²) in [5.74, 6) is -0.440. The van der Waals surface area contributed by atoms with Crippen molar-refractivity contribution in [3.63, 3.8) is 0 Å². The highest BCUT2D eigenvalue weighted by atomic mass is 79.9. The first-order chi connectivity index (χ1) is 11.0. The van der Waals surface area contributed by atoms with Crippen molar-refractivity contribution in [2.24, 2.45) is 7.05 Å². The third kappa shape index (κ3) is 4.10. The molecule has 0 bridgehead atoms. The molecule has 1 aromatic heterocycles. The zero-order chi connectivity index (χ0) is 17.0. The third-order valence-electron chi connectivity index (χ3n) is 3.45. The van der Waals surface area contributed by atoms with Gasteiger partial charge in [-0.05, 0) is 40.5 Å². The summed E-state index contributed by atoms with van der Waals surface area (Å²) in [5.41, 5.74) is 0.637. The van der Waals surface area contributed by atoms with E-state index in [1.165, 1.54) is 13.2 Å². The zero-order valence-corrected chi connectivity index (χ0v) is 14.8. The molecule has 1 aromatic carbocycles. The van der Waals surface area contributed by atoms with Gasteiger partial charge in [-0.25, -0.2) is 9.37 Å². The molecule has 0 spiro atoms. The van der Waals surface area contributed by atoms with Crippen LogP contribution in [0.25, 0.3) is 0 Å². The van der Waals surface area contributed by atoms with Gasteiger partial charge in [0, 0.05) is 13.2 Å². The molecule has 0 aliphatic heterocycles. The fourth-order valence-corrected chi connectivity index (χ4v) is 2.90. The molecule has 0 aliphatic carbocycles. The molecule has 0 N–H and O–H groups in total. The summed E-state index contributed by atoms with van der Waals surface area (Å²) in [6, 6.07) is 4.64. The van der Waals surface area contributed by atoms with Gasteiger partial charge in [0.15, 0.2) is 11.6 Å². The van der Waals surface area contributed by atoms with Gasteiger partial charge in [-0.3, -0.25) is 4.79 Å². The van der Waals surface area contributed by atoms with Crippen LogP contribution in [-0.2, 0) is 16.6 Å². The monoisotopic (exact) mass is 384 g/mol. The van der Waals surface area contributed by atoms with Gasteiger partial charge >= 0.3 is 5.97 Å². The summed E-state index contributed by atoms with van der Waals surface area (Å²) in [7, 11) is 3.23. The molecule has 2 rings (SSSR count). The number of carbonyl (C=O) groups excluding carboxylic acids is 1. The summed E-state index contributed by atoms with van der Waals surface area (Å²) in [6.07, 6.45) is 1.87. The molecule has 7 heteroatoms. The number of aromatic nitrogens is 2. The van der Waals surface area contributed by atoms with Crippen molar-refractivity contribution >= 4 is 21.9 Å². The molecular formula is C16H18BrFN2O3. The van der Waals surface area contributed by atoms with Crippen LogP contribution in [0, 0.1) is 5.82 Å². The predicted octanol–water partition coefficient (Wildman–Crippen LogP) is 3.42. The number of ether oxygens (including phenoxy) is 2. The molecule has 1 heterocycles. The largest absolute Gasteiger partial charge is 0.494 e. The van der Waals surface area contributed by atoms with Crippen LogP contribution >= 0.6 is 15.9 Å². The number of methoxy groups -OCH3 is 1. The van der Waals surface area contributed by atoms with Gasteiger partial charge in [0.05, 0.1) is 26.1 Å². The number of rotatable bonds is 6. The van der Waals surface area contributed by atoms with E-state index in [1.54, 1.807) is 29.8 Å². The van der Waals surface area contributed by atoms with Crippen LogP contribution < -0.4 is 4.74 Å². The lowest BCUT2D eigenvalue weighted by Gasteiger charge is -2.17. The first-order valence-corrected chi connectivity index (χ1v) is 7.93. The molecule has 0 radical (unpaired) electrons. The normalized spacial score (nSPS) is 12.0. The van der Waals surface area contributed by atoms with Crippen LogP contribution in [0.3, 0.4) is 0 Å². The minimum Gasteiger partial charge on any atom is -0.494 e. The van der Waals surface area contributed by atoms with Crippen LogP contribution in [0.2, 0.25) is 0 Å². The third-order valence-corrected chi connectivity index (χ3v) is 3.83. The number of benzene rings is 1. The Bertz CT molecular complexity index is 703. The second kappa shape index (κ2) is 7.59. The Morgan fingerprint density at radius 1 is 1.48 bits per heavy atom. The Morgan fingerprint density at radius 3 is 2.74 bits per heavy atom. The summed E-state index contributed by atoms with van der Waals surface area (Å²) < 4.78 is 26.5. The van der Waals surface area contributed by atoms with E-state index in [9.17, 15) is 9.18 Å². The number of carbonyl (C=O) groups is 1. The molecule has 0 saturated heterocycles. The smallest absolute Gasteiger partial charge is 0.306 e. The first-order valence-electron chi connectivity index (χ1n) is 7.14. The number of imidazole rings is 1. The van der Waals surface area contributed by atoms with Crippen molar-refractivity contribution in [1.29, 1.82) is 0 Å². The highest BCUT2D eigenvalue weighted by Crippen LogP contribution is 2.31. The van der Waals surface area contributed by atoms with Gasteiger partial charge in [0.1, 0.15) is 10.4 Å². The lowest BCUT2D eigenvalue weighted by atomic mass is 9.94. The highest BCUT2D eigenvalue weighted by molar-refractivity contribution is 9.10. The average Bonchev–Trinajstić information content (AvgIpc) is 2.83. The highest BCUT2D eigenvalue weighted by Gasteiger charge is 2.24. The van der Waals surface area contributed by atoms with E-state index in [1.807, 2.05) is 7.05 Å². The minimum atomic E-state index is -0.480. The SMILES string of the molecule is CCOC(=O)CC(c1ccc(OC)c(F)c1)c1nc(Br)cn1C. The van der Waals surface area contributed by atoms with Crippen molar-refractivity contribution in [2.75, 3.05) is 13.7 Å². The van der Waals surface area contributed by atoms with Crippen molar-refractivity contribution in [2.45, 2.75) is 19.3 Å². The summed E-state index contributed by atoms with van der Waals surface area (Å²) >= 11 is 3.32. The van der Waals surface area contributed by atoms with E-state index in [0.29, 0.717) is 22.6 Å². The maximum Gasteiger partial charge on any atom is 0.306 e. The predicted molar refractivity (Wildman–Crippen MR) is 87.0 cm³/mol. The van der Waals surface area contributed by atoms with Gasteiger partial charge in [-0.15, -0.1) is 0 Å². The van der Waals surface area contributed by atoms with Crippen LogP contribution in [-0.4, -0.2) is 29.2 Å². The molecule has 5 nitrogen and oxygen atoms in total. The van der Waals surface area contributed by atoms with Gasteiger partial charge in [0.2, 0.25) is 0 Å². The average molecular weight is 385 g/mol. The number of esters is 1. The van der Waals surface area contributed by atoms with Crippen molar-refractivity contribution in [1.82, 2.24) is 9.55 Å². The van der Waals surface area contributed by atoms with Gasteiger partial charge in [-0.1, -0.05) is 6.07 Å². The van der Waals surface area contributed by atoms with Gasteiger partial charge in [0.25, 0.3) is 0 Å². The topological polar surface area (TPSA) is 53.4 Å². The van der Waals surface area contributed by atoms with Gasteiger partial charge in [-0.2, -0.15) is 0 Å². The van der Waals surface area contributed by atoms with E-state index in [4.69, 9.17) is 9.47 Å². The van der Waals surface area contributed by atoms with Crippen LogP contribution in [0.4, 0.5) is 4.39 Å². The van der Waals surface area contributed by atoms with E-state index < -0.39 is 11.7 Å². The molecule has 124 valence electrons. The van der Waals surface area contributed by atoms with Gasteiger partial charge < -0.3 is 14.0 Å². The van der Waals surface area contributed by atoms with Crippen molar-refractivity contribution in [3.05, 3.63) is 46.2 Å². The lowest BCUT2D eigenvalue weighted by Crippen LogP contribution is -2.15. The Hall–Kier alpha value is -1.89. The molecule has 1 atom stereocenters. The van der Waals surface area contributed by atoms with Crippen LogP contribution in [0.1, 0.15) is 30.7 Å². The number of hydrogen-bond acceptors (Lipinski definition) is 4. The molecule has 0 fully saturated rings. The zero-order valence-electron chi connectivity index (χ0n) is 13.2. The fraction of sp³-hybridized carbons (Fsp3) is 0.375. The number of halogens is 2. The lowest BCUT2D eigenvalue weighted by molar-refractivity contribution is -0.143. The summed E-state index contributed by atoms with van der Waals surface area (Å²) in [6.45, 7) is 2.05. The quantitative estimate of drug-likeness (QED) is 0.716. The molecule has 1 unspecified atom stereocenters. The molecule has 0 aliphatic rings. The van der Waals surface area contributed by atoms with E-state index in [-0.39, 0.29) is 18.1 Å². The van der Waals surface area contributed by atoms with Crippen molar-refractivity contribution < 1.29 is 18.7 Å². The summed E-state index contributed by atoms with van der Waals surface area (Å²) in [5, 5.41) is 0. The maximum atomic E-state index is 14.0. The van der Waals surface area contributed by atoms with Crippen LogP contribution in [0.15, 0.2) is 29.0 Å².